The van der Waals surface area contributed by atoms with E-state index in [1.165, 1.54) is 36.9 Å². The fourth-order valence-electron chi connectivity index (χ4n) is 3.48. The summed E-state index contributed by atoms with van der Waals surface area (Å²) in [5.74, 6) is 0.0530. The van der Waals surface area contributed by atoms with Crippen LogP contribution in [-0.4, -0.2) is 17.1 Å². The Kier molecular flexibility index (Phi) is 5.11. The van der Waals surface area contributed by atoms with Crippen LogP contribution in [0.1, 0.15) is 11.1 Å². The van der Waals surface area contributed by atoms with Crippen LogP contribution in [0.2, 0.25) is 10.0 Å². The van der Waals surface area contributed by atoms with Crippen molar-refractivity contribution in [1.82, 2.24) is 9.97 Å². The number of aromatic nitrogens is 2. The molecule has 0 spiro atoms. The Morgan fingerprint density at radius 2 is 1.69 bits per heavy atom. The predicted molar refractivity (Wildman–Crippen MR) is 117 cm³/mol. The summed E-state index contributed by atoms with van der Waals surface area (Å²) in [6, 6.07) is 6.12. The summed E-state index contributed by atoms with van der Waals surface area (Å²) in [4.78, 5) is 21.1. The molecule has 0 aliphatic heterocycles. The summed E-state index contributed by atoms with van der Waals surface area (Å²) in [7, 11) is 1.50. The Labute approximate surface area is 179 Å². The second-order valence-electron chi connectivity index (χ2n) is 6.51. The molecule has 0 atom stereocenters. The number of hydrogen-bond acceptors (Lipinski definition) is 4. The van der Waals surface area contributed by atoms with Gasteiger partial charge in [-0.25, -0.2) is 9.37 Å². The number of fused-ring (bicyclic) bond motifs is 1. The summed E-state index contributed by atoms with van der Waals surface area (Å²) in [6.07, 6.45) is 1.37. The van der Waals surface area contributed by atoms with Gasteiger partial charge in [-0.2, -0.15) is 0 Å². The minimum atomic E-state index is -0.338. The topological polar surface area (TPSA) is 55.0 Å². The highest BCUT2D eigenvalue weighted by Gasteiger charge is 2.26. The molecule has 8 heteroatoms. The molecule has 0 radical (unpaired) electrons. The lowest BCUT2D eigenvalue weighted by Gasteiger charge is -2.18. The van der Waals surface area contributed by atoms with Crippen molar-refractivity contribution in [2.24, 2.45) is 0 Å². The maximum atomic E-state index is 13.5. The van der Waals surface area contributed by atoms with Crippen LogP contribution in [0, 0.1) is 19.7 Å². The van der Waals surface area contributed by atoms with Gasteiger partial charge in [0.25, 0.3) is 5.56 Å². The van der Waals surface area contributed by atoms with E-state index in [1.54, 1.807) is 12.1 Å². The SMILES string of the molecule is COc1c(Cl)c(C)c(-c2c(-c3ccc(F)cc3)sc3nc[nH]c(=O)c23)c(C)c1Cl. The molecule has 4 rings (SSSR count). The first-order valence-corrected chi connectivity index (χ1v) is 10.2. The normalized spacial score (nSPS) is 11.2. The van der Waals surface area contributed by atoms with Crippen molar-refractivity contribution in [3.05, 3.63) is 67.9 Å². The maximum Gasteiger partial charge on any atom is 0.260 e. The third kappa shape index (κ3) is 3.12. The van der Waals surface area contributed by atoms with Crippen molar-refractivity contribution in [2.45, 2.75) is 13.8 Å². The van der Waals surface area contributed by atoms with Gasteiger partial charge in [0.05, 0.1) is 28.9 Å². The summed E-state index contributed by atoms with van der Waals surface area (Å²) >= 11 is 14.5. The second-order valence-corrected chi connectivity index (χ2v) is 8.27. The first-order valence-electron chi connectivity index (χ1n) is 8.63. The molecule has 29 heavy (non-hydrogen) atoms. The zero-order chi connectivity index (χ0) is 20.9. The molecule has 2 aromatic heterocycles. The van der Waals surface area contributed by atoms with Gasteiger partial charge in [-0.15, -0.1) is 11.3 Å². The number of aromatic amines is 1. The van der Waals surface area contributed by atoms with Crippen LogP contribution in [0.4, 0.5) is 4.39 Å². The molecule has 0 unspecified atom stereocenters. The number of halogens is 3. The average molecular weight is 449 g/mol. The van der Waals surface area contributed by atoms with Crippen LogP contribution in [0.25, 0.3) is 31.8 Å². The van der Waals surface area contributed by atoms with Gasteiger partial charge in [0.1, 0.15) is 10.6 Å². The van der Waals surface area contributed by atoms with E-state index in [9.17, 15) is 9.18 Å². The number of hydrogen-bond donors (Lipinski definition) is 1. The van der Waals surface area contributed by atoms with Crippen LogP contribution in [-0.2, 0) is 0 Å². The predicted octanol–water partition coefficient (Wildman–Crippen LogP) is 6.39. The maximum absolute atomic E-state index is 13.5. The molecule has 4 aromatic rings. The molecule has 2 aromatic carbocycles. The van der Waals surface area contributed by atoms with Gasteiger partial charge in [0.2, 0.25) is 0 Å². The van der Waals surface area contributed by atoms with E-state index in [4.69, 9.17) is 27.9 Å². The second kappa shape index (κ2) is 7.44. The van der Waals surface area contributed by atoms with E-state index in [-0.39, 0.29) is 11.4 Å². The molecule has 2 heterocycles. The zero-order valence-electron chi connectivity index (χ0n) is 15.7. The first-order chi connectivity index (χ1) is 13.8. The minimum absolute atomic E-state index is 0.267. The lowest BCUT2D eigenvalue weighted by Crippen LogP contribution is -2.06. The van der Waals surface area contributed by atoms with Crippen molar-refractivity contribution in [2.75, 3.05) is 7.11 Å². The van der Waals surface area contributed by atoms with Crippen LogP contribution in [0.5, 0.6) is 5.75 Å². The summed E-state index contributed by atoms with van der Waals surface area (Å²) < 4.78 is 18.9. The summed E-state index contributed by atoms with van der Waals surface area (Å²) in [6.45, 7) is 3.71. The molecular formula is C21H15Cl2FN2O2S. The van der Waals surface area contributed by atoms with Crippen LogP contribution in [0.3, 0.4) is 0 Å². The van der Waals surface area contributed by atoms with E-state index >= 15 is 0 Å². The Morgan fingerprint density at radius 1 is 1.07 bits per heavy atom. The fourth-order valence-corrected chi connectivity index (χ4v) is 5.21. The summed E-state index contributed by atoms with van der Waals surface area (Å²) in [5.41, 5.74) is 3.38. The standard InChI is InChI=1S/C21H15Cl2FN2O2S/c1-9-13(10(2)17(23)18(28-3)16(9)22)14-15-20(27)25-8-26-21(15)29-19(14)11-4-6-12(24)7-5-11/h4-8H,1-3H3,(H,25,26,27). The highest BCUT2D eigenvalue weighted by Crippen LogP contribution is 2.50. The average Bonchev–Trinajstić information content (AvgIpc) is 3.08. The lowest BCUT2D eigenvalue weighted by atomic mass is 9.92. The minimum Gasteiger partial charge on any atom is -0.494 e. The number of thiophene rings is 1. The molecule has 0 bridgehead atoms. The molecule has 0 aliphatic rings. The Hall–Kier alpha value is -2.41. The lowest BCUT2D eigenvalue weighted by molar-refractivity contribution is 0.414. The van der Waals surface area contributed by atoms with Crippen molar-refractivity contribution in [3.63, 3.8) is 0 Å². The first kappa shape index (κ1) is 19.9. The van der Waals surface area contributed by atoms with E-state index in [0.717, 1.165) is 27.1 Å². The van der Waals surface area contributed by atoms with Gasteiger partial charge in [-0.05, 0) is 48.2 Å². The molecule has 4 nitrogen and oxygen atoms in total. The third-order valence-corrected chi connectivity index (χ3v) is 6.92. The van der Waals surface area contributed by atoms with Crippen molar-refractivity contribution in [1.29, 1.82) is 0 Å². The number of methoxy groups -OCH3 is 1. The van der Waals surface area contributed by atoms with Crippen LogP contribution in [0.15, 0.2) is 35.4 Å². The number of ether oxygens (including phenoxy) is 1. The highest BCUT2D eigenvalue weighted by atomic mass is 35.5. The van der Waals surface area contributed by atoms with Crippen molar-refractivity contribution < 1.29 is 9.13 Å². The molecule has 0 amide bonds. The number of benzene rings is 2. The largest absolute Gasteiger partial charge is 0.494 e. The third-order valence-electron chi connectivity index (χ3n) is 4.86. The van der Waals surface area contributed by atoms with Gasteiger partial charge >= 0.3 is 0 Å². The van der Waals surface area contributed by atoms with E-state index < -0.39 is 0 Å². The quantitative estimate of drug-likeness (QED) is 0.394. The summed E-state index contributed by atoms with van der Waals surface area (Å²) in [5, 5.41) is 1.20. The molecule has 0 fully saturated rings. The Bertz CT molecular complexity index is 1280. The Balaban J connectivity index is 2.19. The molecule has 0 aliphatic carbocycles. The van der Waals surface area contributed by atoms with E-state index in [0.29, 0.717) is 31.6 Å². The molecule has 0 saturated carbocycles. The van der Waals surface area contributed by atoms with Crippen LogP contribution >= 0.6 is 34.5 Å². The van der Waals surface area contributed by atoms with Gasteiger partial charge in [0.15, 0.2) is 5.75 Å². The van der Waals surface area contributed by atoms with E-state index in [2.05, 4.69) is 9.97 Å². The fraction of sp³-hybridized carbons (Fsp3) is 0.143. The Morgan fingerprint density at radius 3 is 2.28 bits per heavy atom. The van der Waals surface area contributed by atoms with Crippen LogP contribution < -0.4 is 10.3 Å². The smallest absolute Gasteiger partial charge is 0.260 e. The molecule has 1 N–H and O–H groups in total. The van der Waals surface area contributed by atoms with Gasteiger partial charge in [-0.1, -0.05) is 35.3 Å². The van der Waals surface area contributed by atoms with Gasteiger partial charge < -0.3 is 9.72 Å². The number of H-pyrrole nitrogens is 1. The van der Waals surface area contributed by atoms with Crippen molar-refractivity contribution >= 4 is 44.8 Å². The molecule has 148 valence electrons. The van der Waals surface area contributed by atoms with Crippen molar-refractivity contribution in [3.8, 4) is 27.3 Å². The monoisotopic (exact) mass is 448 g/mol. The van der Waals surface area contributed by atoms with Gasteiger partial charge in [0, 0.05) is 10.4 Å². The molecule has 0 saturated heterocycles. The zero-order valence-corrected chi connectivity index (χ0v) is 18.0. The number of rotatable bonds is 3. The number of nitrogens with one attached hydrogen (secondary N) is 1. The van der Waals surface area contributed by atoms with Gasteiger partial charge in [-0.3, -0.25) is 4.79 Å². The number of nitrogens with zero attached hydrogens (tertiary/aromatic N) is 1. The highest BCUT2D eigenvalue weighted by molar-refractivity contribution is 7.22. The molecular weight excluding hydrogens is 434 g/mol. The van der Waals surface area contributed by atoms with E-state index in [1.807, 2.05) is 13.8 Å².